The van der Waals surface area contributed by atoms with Crippen molar-refractivity contribution in [3.63, 3.8) is 0 Å². The number of benzene rings is 2. The number of aliphatic hydroxyl groups excluding tert-OH is 1. The summed E-state index contributed by atoms with van der Waals surface area (Å²) in [5.41, 5.74) is 3.74. The molecule has 0 unspecified atom stereocenters. The summed E-state index contributed by atoms with van der Waals surface area (Å²) in [5, 5.41) is 14.7. The van der Waals surface area contributed by atoms with Crippen LogP contribution < -0.4 is 10.6 Å². The highest BCUT2D eigenvalue weighted by atomic mass is 16.3. The van der Waals surface area contributed by atoms with E-state index in [1.165, 1.54) is 5.56 Å². The van der Waals surface area contributed by atoms with Gasteiger partial charge in [0.2, 0.25) is 5.91 Å². The summed E-state index contributed by atoms with van der Waals surface area (Å²) >= 11 is 0. The van der Waals surface area contributed by atoms with Crippen LogP contribution in [0, 0.1) is 6.92 Å². The third-order valence-electron chi connectivity index (χ3n) is 3.75. The molecular formula is C20H20N2O3. The highest BCUT2D eigenvalue weighted by Crippen LogP contribution is 2.23. The Hall–Kier alpha value is -3.05. The fourth-order valence-electron chi connectivity index (χ4n) is 2.44. The maximum absolute atomic E-state index is 11.2. The summed E-state index contributed by atoms with van der Waals surface area (Å²) in [6, 6.07) is 19.4. The average Bonchev–Trinajstić information content (AvgIpc) is 3.10. The second-order valence-electron chi connectivity index (χ2n) is 5.77. The van der Waals surface area contributed by atoms with Crippen LogP contribution >= 0.6 is 0 Å². The van der Waals surface area contributed by atoms with Gasteiger partial charge in [0, 0.05) is 16.9 Å². The standard InChI is InChI=1S/C20H20N2O3/c1-14-5-7-15(8-6-14)19-10-9-18(25-19)12-21-16-3-2-4-17(11-16)22-20(24)13-23/h2-11,21,23H,12-13H2,1H3,(H,22,24). The van der Waals surface area contributed by atoms with Gasteiger partial charge >= 0.3 is 0 Å². The quantitative estimate of drug-likeness (QED) is 0.640. The van der Waals surface area contributed by atoms with Crippen molar-refractivity contribution in [3.8, 4) is 11.3 Å². The third-order valence-corrected chi connectivity index (χ3v) is 3.75. The van der Waals surface area contributed by atoms with E-state index < -0.39 is 12.5 Å². The molecule has 1 heterocycles. The van der Waals surface area contributed by atoms with E-state index in [0.717, 1.165) is 22.8 Å². The summed E-state index contributed by atoms with van der Waals surface area (Å²) in [6.45, 7) is 2.05. The first kappa shape index (κ1) is 16.8. The van der Waals surface area contributed by atoms with E-state index in [1.54, 1.807) is 12.1 Å². The first-order chi connectivity index (χ1) is 12.1. The molecule has 0 aliphatic heterocycles. The Morgan fingerprint density at radius 2 is 1.80 bits per heavy atom. The molecule has 25 heavy (non-hydrogen) atoms. The highest BCUT2D eigenvalue weighted by molar-refractivity contribution is 5.91. The lowest BCUT2D eigenvalue weighted by Gasteiger charge is -2.08. The lowest BCUT2D eigenvalue weighted by atomic mass is 10.1. The summed E-state index contributed by atoms with van der Waals surface area (Å²) in [4.78, 5) is 11.2. The van der Waals surface area contributed by atoms with Gasteiger partial charge in [-0.3, -0.25) is 4.79 Å². The lowest BCUT2D eigenvalue weighted by molar-refractivity contribution is -0.118. The average molecular weight is 336 g/mol. The Morgan fingerprint density at radius 1 is 1.04 bits per heavy atom. The van der Waals surface area contributed by atoms with Crippen molar-refractivity contribution >= 4 is 17.3 Å². The van der Waals surface area contributed by atoms with E-state index in [0.29, 0.717) is 12.2 Å². The maximum Gasteiger partial charge on any atom is 0.250 e. The molecule has 0 atom stereocenters. The molecule has 3 rings (SSSR count). The summed E-state index contributed by atoms with van der Waals surface area (Å²) in [7, 11) is 0. The zero-order chi connectivity index (χ0) is 17.6. The number of hydrogen-bond donors (Lipinski definition) is 3. The van der Waals surface area contributed by atoms with Crippen molar-refractivity contribution in [2.24, 2.45) is 0 Å². The lowest BCUT2D eigenvalue weighted by Crippen LogP contribution is -2.15. The van der Waals surface area contributed by atoms with Gasteiger partial charge in [-0.1, -0.05) is 35.9 Å². The molecule has 1 aromatic heterocycles. The second-order valence-corrected chi connectivity index (χ2v) is 5.77. The largest absolute Gasteiger partial charge is 0.459 e. The zero-order valence-corrected chi connectivity index (χ0v) is 14.0. The van der Waals surface area contributed by atoms with Gasteiger partial charge in [-0.05, 0) is 37.3 Å². The van der Waals surface area contributed by atoms with Gasteiger partial charge in [-0.25, -0.2) is 0 Å². The molecule has 0 bridgehead atoms. The Balaban J connectivity index is 1.63. The van der Waals surface area contributed by atoms with Crippen molar-refractivity contribution in [1.82, 2.24) is 0 Å². The number of rotatable bonds is 6. The monoisotopic (exact) mass is 336 g/mol. The fourth-order valence-corrected chi connectivity index (χ4v) is 2.44. The number of furan rings is 1. The van der Waals surface area contributed by atoms with Gasteiger partial charge < -0.3 is 20.2 Å². The summed E-state index contributed by atoms with van der Waals surface area (Å²) in [5.74, 6) is 1.21. The summed E-state index contributed by atoms with van der Waals surface area (Å²) in [6.07, 6.45) is 0. The van der Waals surface area contributed by atoms with Crippen molar-refractivity contribution in [2.45, 2.75) is 13.5 Å². The molecular weight excluding hydrogens is 316 g/mol. The highest BCUT2D eigenvalue weighted by Gasteiger charge is 2.05. The fraction of sp³-hybridized carbons (Fsp3) is 0.150. The minimum absolute atomic E-state index is 0.439. The molecule has 0 spiro atoms. The van der Waals surface area contributed by atoms with Crippen LogP contribution in [-0.2, 0) is 11.3 Å². The molecule has 5 nitrogen and oxygen atoms in total. The van der Waals surface area contributed by atoms with E-state index >= 15 is 0 Å². The molecule has 0 fully saturated rings. The topological polar surface area (TPSA) is 74.5 Å². The SMILES string of the molecule is Cc1ccc(-c2ccc(CNc3cccc(NC(=O)CO)c3)o2)cc1. The first-order valence-electron chi connectivity index (χ1n) is 8.04. The van der Waals surface area contributed by atoms with Crippen LogP contribution in [0.15, 0.2) is 65.1 Å². The minimum Gasteiger partial charge on any atom is -0.459 e. The Bertz CT molecular complexity index is 853. The van der Waals surface area contributed by atoms with Crippen molar-refractivity contribution in [1.29, 1.82) is 0 Å². The molecule has 0 aliphatic rings. The predicted molar refractivity (Wildman–Crippen MR) is 98.4 cm³/mol. The minimum atomic E-state index is -0.536. The molecule has 0 saturated heterocycles. The van der Waals surface area contributed by atoms with Gasteiger partial charge in [0.05, 0.1) is 6.54 Å². The molecule has 128 valence electrons. The smallest absolute Gasteiger partial charge is 0.250 e. The molecule has 2 aromatic carbocycles. The zero-order valence-electron chi connectivity index (χ0n) is 14.0. The number of anilines is 2. The molecule has 0 radical (unpaired) electrons. The van der Waals surface area contributed by atoms with E-state index in [4.69, 9.17) is 9.52 Å². The predicted octanol–water partition coefficient (Wildman–Crippen LogP) is 3.80. The van der Waals surface area contributed by atoms with E-state index in [1.807, 2.05) is 36.4 Å². The van der Waals surface area contributed by atoms with Crippen LogP contribution in [0.5, 0.6) is 0 Å². The molecule has 3 N–H and O–H groups in total. The molecule has 0 aliphatic carbocycles. The van der Waals surface area contributed by atoms with Crippen molar-refractivity contribution in [2.75, 3.05) is 17.2 Å². The van der Waals surface area contributed by atoms with E-state index in [2.05, 4.69) is 29.7 Å². The first-order valence-corrected chi connectivity index (χ1v) is 8.04. The number of amides is 1. The normalized spacial score (nSPS) is 10.5. The van der Waals surface area contributed by atoms with Crippen LogP contribution in [-0.4, -0.2) is 17.6 Å². The molecule has 5 heteroatoms. The van der Waals surface area contributed by atoms with Crippen LogP contribution in [0.3, 0.4) is 0 Å². The van der Waals surface area contributed by atoms with E-state index in [9.17, 15) is 4.79 Å². The van der Waals surface area contributed by atoms with Crippen LogP contribution in [0.1, 0.15) is 11.3 Å². The van der Waals surface area contributed by atoms with Gasteiger partial charge in [0.1, 0.15) is 18.1 Å². The van der Waals surface area contributed by atoms with Crippen LogP contribution in [0.25, 0.3) is 11.3 Å². The second kappa shape index (κ2) is 7.68. The number of carbonyl (C=O) groups is 1. The molecule has 3 aromatic rings. The Kier molecular flexibility index (Phi) is 5.16. The Morgan fingerprint density at radius 3 is 2.56 bits per heavy atom. The Labute approximate surface area is 146 Å². The molecule has 0 saturated carbocycles. The van der Waals surface area contributed by atoms with Crippen molar-refractivity contribution < 1.29 is 14.3 Å². The number of carbonyl (C=O) groups excluding carboxylic acids is 1. The van der Waals surface area contributed by atoms with Gasteiger partial charge in [0.15, 0.2) is 0 Å². The molecule has 1 amide bonds. The van der Waals surface area contributed by atoms with Crippen molar-refractivity contribution in [3.05, 3.63) is 72.0 Å². The third kappa shape index (κ3) is 4.49. The van der Waals surface area contributed by atoms with Crippen LogP contribution in [0.4, 0.5) is 11.4 Å². The van der Waals surface area contributed by atoms with Gasteiger partial charge in [-0.2, -0.15) is 0 Å². The number of hydrogen-bond acceptors (Lipinski definition) is 4. The number of aryl methyl sites for hydroxylation is 1. The number of aliphatic hydroxyl groups is 1. The van der Waals surface area contributed by atoms with Gasteiger partial charge in [0.25, 0.3) is 0 Å². The summed E-state index contributed by atoms with van der Waals surface area (Å²) < 4.78 is 5.88. The van der Waals surface area contributed by atoms with E-state index in [-0.39, 0.29) is 0 Å². The number of nitrogens with one attached hydrogen (secondary N) is 2. The maximum atomic E-state index is 11.2. The van der Waals surface area contributed by atoms with Crippen LogP contribution in [0.2, 0.25) is 0 Å². The van der Waals surface area contributed by atoms with Gasteiger partial charge in [-0.15, -0.1) is 0 Å².